The van der Waals surface area contributed by atoms with Gasteiger partial charge in [-0.3, -0.25) is 0 Å². The summed E-state index contributed by atoms with van der Waals surface area (Å²) in [5, 5.41) is 3.16. The van der Waals surface area contributed by atoms with E-state index in [-0.39, 0.29) is 11.8 Å². The van der Waals surface area contributed by atoms with E-state index in [0.717, 1.165) is 12.1 Å². The van der Waals surface area contributed by atoms with Crippen molar-refractivity contribution in [3.8, 4) is 0 Å². The zero-order valence-corrected chi connectivity index (χ0v) is 14.5. The van der Waals surface area contributed by atoms with Gasteiger partial charge in [0.05, 0.1) is 5.75 Å². The average molecular weight is 347 g/mol. The van der Waals surface area contributed by atoms with Gasteiger partial charge in [0, 0.05) is 24.8 Å². The van der Waals surface area contributed by atoms with Crippen LogP contribution in [0, 0.1) is 0 Å². The van der Waals surface area contributed by atoms with Gasteiger partial charge in [0.1, 0.15) is 0 Å². The molecule has 2 aromatic rings. The first-order valence-corrected chi connectivity index (χ1v) is 9.76. The van der Waals surface area contributed by atoms with Crippen LogP contribution in [0.5, 0.6) is 0 Å². The number of anilines is 1. The number of hydrogen-bond donors (Lipinski definition) is 3. The maximum absolute atomic E-state index is 12.0. The Morgan fingerprint density at radius 3 is 2.21 bits per heavy atom. The van der Waals surface area contributed by atoms with Gasteiger partial charge in [-0.15, -0.1) is 0 Å². The highest BCUT2D eigenvalue weighted by Crippen LogP contribution is 2.06. The zero-order valence-electron chi connectivity index (χ0n) is 13.7. The Morgan fingerprint density at radius 2 is 1.54 bits per heavy atom. The lowest BCUT2D eigenvalue weighted by atomic mass is 10.1. The van der Waals surface area contributed by atoms with Crippen LogP contribution in [0.15, 0.2) is 60.7 Å². The van der Waals surface area contributed by atoms with E-state index in [0.29, 0.717) is 19.5 Å². The number of hydrogen-bond acceptors (Lipinski definition) is 4. The summed E-state index contributed by atoms with van der Waals surface area (Å²) in [4.78, 5) is 0. The monoisotopic (exact) mass is 347 g/mol. The lowest BCUT2D eigenvalue weighted by molar-refractivity contribution is 0.567. The summed E-state index contributed by atoms with van der Waals surface area (Å²) in [7, 11) is -3.35. The molecule has 2 aromatic carbocycles. The van der Waals surface area contributed by atoms with E-state index < -0.39 is 10.0 Å². The number of sulfonamides is 1. The molecule has 0 radical (unpaired) electrons. The fourth-order valence-electron chi connectivity index (χ4n) is 2.39. The first-order valence-electron chi connectivity index (χ1n) is 8.11. The van der Waals surface area contributed by atoms with Crippen molar-refractivity contribution in [3.05, 3.63) is 66.2 Å². The van der Waals surface area contributed by atoms with E-state index in [9.17, 15) is 8.42 Å². The SMILES string of the molecule is NC(CCc1ccccc1)CS(=O)(=O)NCCNc1ccccc1. The lowest BCUT2D eigenvalue weighted by Crippen LogP contribution is -2.38. The zero-order chi connectivity index (χ0) is 17.3. The molecule has 6 heteroatoms. The van der Waals surface area contributed by atoms with Gasteiger partial charge < -0.3 is 11.1 Å². The predicted octanol–water partition coefficient (Wildman–Crippen LogP) is 1.98. The molecular weight excluding hydrogens is 322 g/mol. The Bertz CT molecular complexity index is 691. The molecule has 0 aromatic heterocycles. The van der Waals surface area contributed by atoms with Crippen LogP contribution in [-0.2, 0) is 16.4 Å². The second-order valence-electron chi connectivity index (χ2n) is 5.75. The molecule has 0 spiro atoms. The third-order valence-corrected chi connectivity index (χ3v) is 5.14. The van der Waals surface area contributed by atoms with Gasteiger partial charge >= 0.3 is 0 Å². The Hall–Kier alpha value is -1.89. The largest absolute Gasteiger partial charge is 0.384 e. The molecule has 0 fully saturated rings. The van der Waals surface area contributed by atoms with E-state index in [1.54, 1.807) is 0 Å². The maximum atomic E-state index is 12.0. The van der Waals surface area contributed by atoms with Gasteiger partial charge in [-0.25, -0.2) is 13.1 Å². The molecule has 0 aliphatic heterocycles. The molecule has 1 atom stereocenters. The van der Waals surface area contributed by atoms with Crippen LogP contribution in [0.4, 0.5) is 5.69 Å². The highest BCUT2D eigenvalue weighted by atomic mass is 32.2. The van der Waals surface area contributed by atoms with Crippen molar-refractivity contribution in [2.24, 2.45) is 5.73 Å². The van der Waals surface area contributed by atoms with Crippen molar-refractivity contribution in [2.45, 2.75) is 18.9 Å². The summed E-state index contributed by atoms with van der Waals surface area (Å²) in [5.74, 6) is -0.0504. The van der Waals surface area contributed by atoms with Crippen molar-refractivity contribution >= 4 is 15.7 Å². The summed E-state index contributed by atoms with van der Waals surface area (Å²) in [6.07, 6.45) is 1.43. The first-order chi connectivity index (χ1) is 11.6. The Kier molecular flexibility index (Phi) is 7.24. The van der Waals surface area contributed by atoms with Gasteiger partial charge in [-0.2, -0.15) is 0 Å². The van der Waals surface area contributed by atoms with Gasteiger partial charge in [-0.1, -0.05) is 48.5 Å². The molecule has 0 aliphatic carbocycles. The maximum Gasteiger partial charge on any atom is 0.213 e. The van der Waals surface area contributed by atoms with Gasteiger partial charge in [0.15, 0.2) is 0 Å². The average Bonchev–Trinajstić information content (AvgIpc) is 2.58. The number of nitrogens with two attached hydrogens (primary N) is 1. The van der Waals surface area contributed by atoms with Gasteiger partial charge in [0.25, 0.3) is 0 Å². The van der Waals surface area contributed by atoms with E-state index in [1.807, 2.05) is 60.7 Å². The minimum atomic E-state index is -3.35. The Labute approximate surface area is 144 Å². The number of para-hydroxylation sites is 1. The molecule has 24 heavy (non-hydrogen) atoms. The summed E-state index contributed by atoms with van der Waals surface area (Å²) in [6.45, 7) is 0.866. The van der Waals surface area contributed by atoms with Crippen molar-refractivity contribution in [3.63, 3.8) is 0 Å². The van der Waals surface area contributed by atoms with Gasteiger partial charge in [-0.05, 0) is 30.5 Å². The van der Waals surface area contributed by atoms with Crippen LogP contribution in [0.25, 0.3) is 0 Å². The van der Waals surface area contributed by atoms with Crippen molar-refractivity contribution in [1.29, 1.82) is 0 Å². The third kappa shape index (κ3) is 7.12. The quantitative estimate of drug-likeness (QED) is 0.574. The summed E-state index contributed by atoms with van der Waals surface area (Å²) >= 11 is 0. The molecule has 0 saturated carbocycles. The summed E-state index contributed by atoms with van der Waals surface area (Å²) in [5.41, 5.74) is 8.11. The topological polar surface area (TPSA) is 84.2 Å². The van der Waals surface area contributed by atoms with Crippen molar-refractivity contribution in [2.75, 3.05) is 24.2 Å². The van der Waals surface area contributed by atoms with Crippen LogP contribution in [0.3, 0.4) is 0 Å². The number of rotatable bonds is 10. The van der Waals surface area contributed by atoms with Crippen LogP contribution in [0.1, 0.15) is 12.0 Å². The second kappa shape index (κ2) is 9.42. The summed E-state index contributed by atoms with van der Waals surface area (Å²) < 4.78 is 26.7. The Balaban J connectivity index is 1.66. The molecule has 0 bridgehead atoms. The second-order valence-corrected chi connectivity index (χ2v) is 7.60. The molecule has 2 rings (SSSR count). The third-order valence-electron chi connectivity index (χ3n) is 3.63. The number of nitrogens with one attached hydrogen (secondary N) is 2. The molecule has 130 valence electrons. The van der Waals surface area contributed by atoms with E-state index in [2.05, 4.69) is 10.0 Å². The van der Waals surface area contributed by atoms with Crippen LogP contribution >= 0.6 is 0 Å². The molecular formula is C18H25N3O2S. The Morgan fingerprint density at radius 1 is 0.917 bits per heavy atom. The van der Waals surface area contributed by atoms with Crippen LogP contribution < -0.4 is 15.8 Å². The minimum absolute atomic E-state index is 0.0504. The molecule has 4 N–H and O–H groups in total. The van der Waals surface area contributed by atoms with E-state index in [1.165, 1.54) is 5.56 Å². The molecule has 0 saturated heterocycles. The smallest absolute Gasteiger partial charge is 0.213 e. The highest BCUT2D eigenvalue weighted by Gasteiger charge is 2.15. The van der Waals surface area contributed by atoms with E-state index >= 15 is 0 Å². The van der Waals surface area contributed by atoms with E-state index in [4.69, 9.17) is 5.73 Å². The number of aryl methyl sites for hydroxylation is 1. The van der Waals surface area contributed by atoms with Gasteiger partial charge in [0.2, 0.25) is 10.0 Å². The minimum Gasteiger partial charge on any atom is -0.384 e. The highest BCUT2D eigenvalue weighted by molar-refractivity contribution is 7.89. The summed E-state index contributed by atoms with van der Waals surface area (Å²) in [6, 6.07) is 19.2. The molecule has 1 unspecified atom stereocenters. The lowest BCUT2D eigenvalue weighted by Gasteiger charge is -2.13. The van der Waals surface area contributed by atoms with Crippen LogP contribution in [-0.4, -0.2) is 33.3 Å². The standard InChI is InChI=1S/C18H25N3O2S/c19-17(12-11-16-7-3-1-4-8-16)15-24(22,23)21-14-13-20-18-9-5-2-6-10-18/h1-10,17,20-21H,11-15,19H2. The first kappa shape index (κ1) is 18.4. The fourth-order valence-corrected chi connectivity index (χ4v) is 3.65. The van der Waals surface area contributed by atoms with Crippen molar-refractivity contribution < 1.29 is 8.42 Å². The molecule has 0 amide bonds. The molecule has 0 heterocycles. The fraction of sp³-hybridized carbons (Fsp3) is 0.333. The normalized spacial score (nSPS) is 12.7. The van der Waals surface area contributed by atoms with Crippen molar-refractivity contribution in [1.82, 2.24) is 4.72 Å². The molecule has 5 nitrogen and oxygen atoms in total. The number of benzene rings is 2. The van der Waals surface area contributed by atoms with Crippen LogP contribution in [0.2, 0.25) is 0 Å². The predicted molar refractivity (Wildman–Crippen MR) is 99.5 cm³/mol. The molecule has 0 aliphatic rings.